The highest BCUT2D eigenvalue weighted by molar-refractivity contribution is 7.91. The van der Waals surface area contributed by atoms with Crippen LogP contribution in [0.5, 0.6) is 0 Å². The average molecular weight is 221 g/mol. The van der Waals surface area contributed by atoms with Crippen molar-refractivity contribution in [3.63, 3.8) is 0 Å². The first kappa shape index (κ1) is 11.9. The Labute approximate surface area is 85.7 Å². The lowest BCUT2D eigenvalue weighted by atomic mass is 9.93. The second kappa shape index (κ2) is 5.09. The van der Waals surface area contributed by atoms with Crippen LogP contribution >= 0.6 is 0 Å². The molecule has 1 aliphatic rings. The first-order valence-electron chi connectivity index (χ1n) is 5.07. The van der Waals surface area contributed by atoms with Gasteiger partial charge < -0.3 is 10.5 Å². The number of ether oxygens (including phenoxy) is 1. The van der Waals surface area contributed by atoms with E-state index < -0.39 is 9.84 Å². The predicted octanol–water partition coefficient (Wildman–Crippen LogP) is 0.0325. The number of hydrogen-bond acceptors (Lipinski definition) is 4. The molecule has 2 unspecified atom stereocenters. The maximum absolute atomic E-state index is 11.3. The fraction of sp³-hybridized carbons (Fsp3) is 1.00. The van der Waals surface area contributed by atoms with Crippen molar-refractivity contribution in [2.24, 2.45) is 17.6 Å². The van der Waals surface area contributed by atoms with Gasteiger partial charge in [0.05, 0.1) is 18.1 Å². The van der Waals surface area contributed by atoms with E-state index >= 15 is 0 Å². The van der Waals surface area contributed by atoms with Crippen molar-refractivity contribution in [3.8, 4) is 0 Å². The molecule has 0 aliphatic carbocycles. The van der Waals surface area contributed by atoms with Gasteiger partial charge in [-0.25, -0.2) is 8.42 Å². The quantitative estimate of drug-likeness (QED) is 0.711. The van der Waals surface area contributed by atoms with E-state index in [9.17, 15) is 8.42 Å². The smallest absolute Gasteiger partial charge is 0.150 e. The topological polar surface area (TPSA) is 69.4 Å². The lowest BCUT2D eigenvalue weighted by molar-refractivity contribution is 0.0937. The van der Waals surface area contributed by atoms with E-state index in [1.165, 1.54) is 0 Å². The molecule has 14 heavy (non-hydrogen) atoms. The van der Waals surface area contributed by atoms with Crippen LogP contribution in [-0.2, 0) is 14.6 Å². The van der Waals surface area contributed by atoms with Gasteiger partial charge in [0.25, 0.3) is 0 Å². The van der Waals surface area contributed by atoms with Crippen molar-refractivity contribution in [1.29, 1.82) is 0 Å². The molecule has 0 spiro atoms. The van der Waals surface area contributed by atoms with Crippen LogP contribution in [0.25, 0.3) is 0 Å². The third-order valence-corrected chi connectivity index (χ3v) is 4.57. The summed E-state index contributed by atoms with van der Waals surface area (Å²) in [6.45, 7) is 3.70. The molecule has 0 aromatic carbocycles. The highest BCUT2D eigenvalue weighted by Crippen LogP contribution is 2.25. The summed E-state index contributed by atoms with van der Waals surface area (Å²) < 4.78 is 27.8. The molecule has 0 radical (unpaired) electrons. The summed E-state index contributed by atoms with van der Waals surface area (Å²) in [5.41, 5.74) is 5.61. The van der Waals surface area contributed by atoms with Crippen LogP contribution in [0.4, 0.5) is 0 Å². The zero-order chi connectivity index (χ0) is 10.6. The monoisotopic (exact) mass is 221 g/mol. The molecule has 2 N–H and O–H groups in total. The summed E-state index contributed by atoms with van der Waals surface area (Å²) in [7, 11) is -2.79. The Morgan fingerprint density at radius 3 is 2.71 bits per heavy atom. The van der Waals surface area contributed by atoms with Crippen molar-refractivity contribution in [1.82, 2.24) is 0 Å². The summed E-state index contributed by atoms with van der Waals surface area (Å²) in [5.74, 6) is 1.02. The summed E-state index contributed by atoms with van der Waals surface area (Å²) in [6, 6.07) is 0. The van der Waals surface area contributed by atoms with Gasteiger partial charge in [-0.3, -0.25) is 0 Å². The highest BCUT2D eigenvalue weighted by atomic mass is 32.2. The van der Waals surface area contributed by atoms with E-state index in [0.29, 0.717) is 31.3 Å². The van der Waals surface area contributed by atoms with Gasteiger partial charge in [0, 0.05) is 6.61 Å². The maximum atomic E-state index is 11.3. The summed E-state index contributed by atoms with van der Waals surface area (Å²) in [4.78, 5) is 0. The third-order valence-electron chi connectivity index (χ3n) is 2.77. The van der Waals surface area contributed by atoms with Crippen LogP contribution in [0.3, 0.4) is 0 Å². The third kappa shape index (κ3) is 3.22. The molecule has 1 saturated heterocycles. The van der Waals surface area contributed by atoms with E-state index in [1.54, 1.807) is 0 Å². The normalized spacial score (nSPS) is 27.7. The minimum atomic E-state index is -2.79. The van der Waals surface area contributed by atoms with Gasteiger partial charge in [-0.2, -0.15) is 0 Å². The van der Waals surface area contributed by atoms with Crippen LogP contribution < -0.4 is 5.73 Å². The second-order valence-corrected chi connectivity index (χ2v) is 6.05. The van der Waals surface area contributed by atoms with E-state index in [0.717, 1.165) is 6.42 Å². The summed E-state index contributed by atoms with van der Waals surface area (Å²) in [6.07, 6.45) is 0.747. The molecule has 5 heteroatoms. The van der Waals surface area contributed by atoms with Gasteiger partial charge in [0.15, 0.2) is 9.84 Å². The molecular weight excluding hydrogens is 202 g/mol. The Bertz CT molecular complexity index is 263. The SMILES string of the molecule is CCOCC(CN)C1CCS(=O)(=O)C1. The molecule has 0 aromatic heterocycles. The molecule has 0 saturated carbocycles. The first-order valence-corrected chi connectivity index (χ1v) is 6.89. The fourth-order valence-electron chi connectivity index (χ4n) is 1.86. The zero-order valence-corrected chi connectivity index (χ0v) is 9.42. The average Bonchev–Trinajstić information content (AvgIpc) is 2.48. The molecule has 1 fully saturated rings. The summed E-state index contributed by atoms with van der Waals surface area (Å²) in [5, 5.41) is 0. The molecule has 1 heterocycles. The van der Waals surface area contributed by atoms with Crippen LogP contribution in [0.15, 0.2) is 0 Å². The van der Waals surface area contributed by atoms with Gasteiger partial charge in [0.1, 0.15) is 0 Å². The van der Waals surface area contributed by atoms with Gasteiger partial charge in [-0.15, -0.1) is 0 Å². The Balaban J connectivity index is 2.46. The number of nitrogens with two attached hydrogens (primary N) is 1. The maximum Gasteiger partial charge on any atom is 0.150 e. The van der Waals surface area contributed by atoms with E-state index in [2.05, 4.69) is 0 Å². The minimum Gasteiger partial charge on any atom is -0.381 e. The zero-order valence-electron chi connectivity index (χ0n) is 8.61. The van der Waals surface area contributed by atoms with E-state index in [-0.39, 0.29) is 11.8 Å². The van der Waals surface area contributed by atoms with E-state index in [1.807, 2.05) is 6.92 Å². The number of rotatable bonds is 5. The molecule has 0 bridgehead atoms. The highest BCUT2D eigenvalue weighted by Gasteiger charge is 2.32. The molecule has 1 rings (SSSR count). The number of sulfone groups is 1. The lowest BCUT2D eigenvalue weighted by Gasteiger charge is -2.20. The molecule has 2 atom stereocenters. The Kier molecular flexibility index (Phi) is 4.34. The molecule has 1 aliphatic heterocycles. The molecule has 0 aromatic rings. The second-order valence-electron chi connectivity index (χ2n) is 3.82. The fourth-order valence-corrected chi connectivity index (χ4v) is 3.78. The summed E-state index contributed by atoms with van der Waals surface area (Å²) >= 11 is 0. The molecule has 0 amide bonds. The van der Waals surface area contributed by atoms with Crippen molar-refractivity contribution in [3.05, 3.63) is 0 Å². The largest absolute Gasteiger partial charge is 0.381 e. The first-order chi connectivity index (χ1) is 6.59. The molecular formula is C9H19NO3S. The Hall–Kier alpha value is -0.130. The van der Waals surface area contributed by atoms with Crippen LogP contribution in [0.2, 0.25) is 0 Å². The molecule has 84 valence electrons. The van der Waals surface area contributed by atoms with Gasteiger partial charge in [-0.05, 0) is 31.7 Å². The van der Waals surface area contributed by atoms with Crippen LogP contribution in [-0.4, -0.2) is 39.7 Å². The predicted molar refractivity (Wildman–Crippen MR) is 55.8 cm³/mol. The molecule has 4 nitrogen and oxygen atoms in total. The number of hydrogen-bond donors (Lipinski definition) is 1. The van der Waals surface area contributed by atoms with Crippen LogP contribution in [0.1, 0.15) is 13.3 Å². The van der Waals surface area contributed by atoms with Crippen molar-refractivity contribution < 1.29 is 13.2 Å². The van der Waals surface area contributed by atoms with Crippen molar-refractivity contribution >= 4 is 9.84 Å². The van der Waals surface area contributed by atoms with Crippen molar-refractivity contribution in [2.75, 3.05) is 31.3 Å². The van der Waals surface area contributed by atoms with E-state index in [4.69, 9.17) is 10.5 Å². The van der Waals surface area contributed by atoms with Crippen LogP contribution in [0, 0.1) is 11.8 Å². The minimum absolute atomic E-state index is 0.201. The van der Waals surface area contributed by atoms with Gasteiger partial charge in [0.2, 0.25) is 0 Å². The standard InChI is InChI=1S/C9H19NO3S/c1-2-13-6-9(5-10)8-3-4-14(11,12)7-8/h8-9H,2-7,10H2,1H3. The van der Waals surface area contributed by atoms with Crippen molar-refractivity contribution in [2.45, 2.75) is 13.3 Å². The van der Waals surface area contributed by atoms with Gasteiger partial charge in [-0.1, -0.05) is 0 Å². The Morgan fingerprint density at radius 2 is 2.29 bits per heavy atom. The van der Waals surface area contributed by atoms with Gasteiger partial charge >= 0.3 is 0 Å². The lowest BCUT2D eigenvalue weighted by Crippen LogP contribution is -2.28. The Morgan fingerprint density at radius 1 is 1.57 bits per heavy atom.